The van der Waals surface area contributed by atoms with E-state index in [1.54, 1.807) is 0 Å². The van der Waals surface area contributed by atoms with Crippen LogP contribution in [0.25, 0.3) is 0 Å². The third-order valence-corrected chi connectivity index (χ3v) is 2.91. The molecule has 0 bridgehead atoms. The van der Waals surface area contributed by atoms with Crippen LogP contribution in [-0.2, 0) is 14.4 Å². The molecule has 0 rings (SSSR count). The highest BCUT2D eigenvalue weighted by atomic mass is 16.4. The Morgan fingerprint density at radius 2 is 1.58 bits per heavy atom. The summed E-state index contributed by atoms with van der Waals surface area (Å²) in [7, 11) is 0. The molecule has 0 saturated heterocycles. The number of carboxylic acid groups (broad SMARTS) is 1. The van der Waals surface area contributed by atoms with Gasteiger partial charge in [-0.1, -0.05) is 0 Å². The van der Waals surface area contributed by atoms with E-state index in [4.69, 9.17) is 32.5 Å². The van der Waals surface area contributed by atoms with E-state index in [0.717, 1.165) is 0 Å². The van der Waals surface area contributed by atoms with Gasteiger partial charge in [0.15, 0.2) is 5.96 Å². The number of nitrogens with two attached hydrogens (primary N) is 3. The fourth-order valence-electron chi connectivity index (χ4n) is 1.59. The standard InChI is InChI=1S/C12H24N6O6/c13-6(4-19)9(21)18-8(5-20)10(22)17-7(11(23)24)2-1-3-16-12(14)15/h6-8,19-20H,1-5,13H2,(H,17,22)(H,18,21)(H,23,24)(H4,14,15,16). The molecule has 3 atom stereocenters. The molecule has 0 aliphatic heterocycles. The van der Waals surface area contributed by atoms with Crippen molar-refractivity contribution in [3.8, 4) is 0 Å². The van der Waals surface area contributed by atoms with Gasteiger partial charge in [-0.2, -0.15) is 0 Å². The normalized spacial score (nSPS) is 14.1. The number of hydrogen-bond acceptors (Lipinski definition) is 7. The van der Waals surface area contributed by atoms with Crippen LogP contribution in [0.5, 0.6) is 0 Å². The molecule has 11 N–H and O–H groups in total. The zero-order valence-corrected chi connectivity index (χ0v) is 13.0. The van der Waals surface area contributed by atoms with Crippen LogP contribution < -0.4 is 27.8 Å². The van der Waals surface area contributed by atoms with Gasteiger partial charge in [-0.15, -0.1) is 0 Å². The van der Waals surface area contributed by atoms with Gasteiger partial charge in [0.2, 0.25) is 11.8 Å². The second-order valence-electron chi connectivity index (χ2n) is 4.88. The second kappa shape index (κ2) is 11.2. The predicted molar refractivity (Wildman–Crippen MR) is 83.6 cm³/mol. The number of guanidine groups is 1. The highest BCUT2D eigenvalue weighted by Gasteiger charge is 2.27. The van der Waals surface area contributed by atoms with Crippen molar-refractivity contribution in [1.29, 1.82) is 0 Å². The molecule has 0 aromatic carbocycles. The summed E-state index contributed by atoms with van der Waals surface area (Å²) in [5.74, 6) is -3.17. The maximum absolute atomic E-state index is 12.0. The van der Waals surface area contributed by atoms with Gasteiger partial charge in [0.1, 0.15) is 18.1 Å². The van der Waals surface area contributed by atoms with E-state index in [2.05, 4.69) is 15.6 Å². The van der Waals surface area contributed by atoms with Crippen LogP contribution >= 0.6 is 0 Å². The quantitative estimate of drug-likeness (QED) is 0.102. The van der Waals surface area contributed by atoms with Crippen LogP contribution in [0.2, 0.25) is 0 Å². The van der Waals surface area contributed by atoms with Gasteiger partial charge in [0, 0.05) is 6.54 Å². The van der Waals surface area contributed by atoms with Gasteiger partial charge in [0.25, 0.3) is 0 Å². The fourth-order valence-corrected chi connectivity index (χ4v) is 1.59. The zero-order valence-electron chi connectivity index (χ0n) is 13.0. The molecule has 0 spiro atoms. The number of nitrogens with one attached hydrogen (secondary N) is 2. The maximum Gasteiger partial charge on any atom is 0.326 e. The Kier molecular flexibility index (Phi) is 10.0. The summed E-state index contributed by atoms with van der Waals surface area (Å²) < 4.78 is 0. The summed E-state index contributed by atoms with van der Waals surface area (Å²) in [4.78, 5) is 38.3. The molecule has 0 saturated carbocycles. The number of aliphatic hydroxyl groups is 2. The minimum atomic E-state index is -1.39. The number of aliphatic hydroxyl groups excluding tert-OH is 2. The largest absolute Gasteiger partial charge is 0.480 e. The van der Waals surface area contributed by atoms with Crippen LogP contribution in [-0.4, -0.2) is 76.9 Å². The van der Waals surface area contributed by atoms with E-state index in [0.29, 0.717) is 6.42 Å². The van der Waals surface area contributed by atoms with Crippen molar-refractivity contribution in [1.82, 2.24) is 10.6 Å². The first kappa shape index (κ1) is 21.6. The average molecular weight is 348 g/mol. The highest BCUT2D eigenvalue weighted by molar-refractivity contribution is 5.91. The molecule has 0 aromatic rings. The maximum atomic E-state index is 12.0. The minimum absolute atomic E-state index is 0.0418. The molecule has 24 heavy (non-hydrogen) atoms. The van der Waals surface area contributed by atoms with Gasteiger partial charge in [-0.05, 0) is 12.8 Å². The van der Waals surface area contributed by atoms with Crippen molar-refractivity contribution in [2.45, 2.75) is 31.0 Å². The zero-order chi connectivity index (χ0) is 18.7. The lowest BCUT2D eigenvalue weighted by atomic mass is 10.1. The van der Waals surface area contributed by atoms with E-state index >= 15 is 0 Å². The molecule has 0 aliphatic carbocycles. The third kappa shape index (κ3) is 8.26. The second-order valence-corrected chi connectivity index (χ2v) is 4.88. The molecular weight excluding hydrogens is 324 g/mol. The van der Waals surface area contributed by atoms with Crippen LogP contribution in [0.15, 0.2) is 4.99 Å². The average Bonchev–Trinajstić information content (AvgIpc) is 2.53. The number of aliphatic carboxylic acids is 1. The van der Waals surface area contributed by atoms with Crippen LogP contribution in [0.4, 0.5) is 0 Å². The molecule has 12 heteroatoms. The van der Waals surface area contributed by atoms with Crippen molar-refractivity contribution in [2.75, 3.05) is 19.8 Å². The van der Waals surface area contributed by atoms with Crippen molar-refractivity contribution in [3.63, 3.8) is 0 Å². The Morgan fingerprint density at radius 1 is 1.00 bits per heavy atom. The first-order valence-electron chi connectivity index (χ1n) is 7.09. The molecular formula is C12H24N6O6. The number of hydrogen-bond donors (Lipinski definition) is 8. The van der Waals surface area contributed by atoms with Gasteiger partial charge >= 0.3 is 5.97 Å². The summed E-state index contributed by atoms with van der Waals surface area (Å²) in [5, 5.41) is 31.3. The molecule has 2 amide bonds. The number of amides is 2. The number of nitrogens with zero attached hydrogens (tertiary/aromatic N) is 1. The fraction of sp³-hybridized carbons (Fsp3) is 0.667. The van der Waals surface area contributed by atoms with E-state index < -0.39 is 49.1 Å². The van der Waals surface area contributed by atoms with E-state index in [1.807, 2.05) is 0 Å². The van der Waals surface area contributed by atoms with Crippen LogP contribution in [0, 0.1) is 0 Å². The summed E-state index contributed by atoms with van der Waals surface area (Å²) in [5.41, 5.74) is 15.5. The van der Waals surface area contributed by atoms with Crippen molar-refractivity contribution >= 4 is 23.7 Å². The molecule has 0 aliphatic rings. The van der Waals surface area contributed by atoms with Crippen LogP contribution in [0.1, 0.15) is 12.8 Å². The number of carbonyl (C=O) groups is 3. The predicted octanol–water partition coefficient (Wildman–Crippen LogP) is -4.59. The Balaban J connectivity index is 4.64. The lowest BCUT2D eigenvalue weighted by Gasteiger charge is -2.21. The van der Waals surface area contributed by atoms with Crippen molar-refractivity contribution in [3.05, 3.63) is 0 Å². The monoisotopic (exact) mass is 348 g/mol. The smallest absolute Gasteiger partial charge is 0.326 e. The molecule has 3 unspecified atom stereocenters. The molecule has 0 aromatic heterocycles. The Morgan fingerprint density at radius 3 is 2.04 bits per heavy atom. The van der Waals surface area contributed by atoms with Gasteiger partial charge in [-0.3, -0.25) is 14.6 Å². The SMILES string of the molecule is NC(N)=NCCCC(NC(=O)C(CO)NC(=O)C(N)CO)C(=O)O. The number of carboxylic acids is 1. The van der Waals surface area contributed by atoms with Gasteiger partial charge in [-0.25, -0.2) is 4.79 Å². The number of rotatable bonds is 11. The van der Waals surface area contributed by atoms with Crippen LogP contribution in [0.3, 0.4) is 0 Å². The lowest BCUT2D eigenvalue weighted by molar-refractivity contribution is -0.142. The summed E-state index contributed by atoms with van der Waals surface area (Å²) in [6.45, 7) is -1.22. The summed E-state index contributed by atoms with van der Waals surface area (Å²) >= 11 is 0. The first-order chi connectivity index (χ1) is 11.2. The summed E-state index contributed by atoms with van der Waals surface area (Å²) in [6.07, 6.45) is 0.334. The first-order valence-corrected chi connectivity index (χ1v) is 7.09. The van der Waals surface area contributed by atoms with Crippen molar-refractivity contribution in [2.24, 2.45) is 22.2 Å². The van der Waals surface area contributed by atoms with E-state index in [9.17, 15) is 14.4 Å². The van der Waals surface area contributed by atoms with E-state index in [-0.39, 0.29) is 18.9 Å². The number of carbonyl (C=O) groups excluding carboxylic acids is 2. The van der Waals surface area contributed by atoms with E-state index in [1.165, 1.54) is 0 Å². The minimum Gasteiger partial charge on any atom is -0.480 e. The Labute approximate surface area is 138 Å². The molecule has 0 fully saturated rings. The van der Waals surface area contributed by atoms with Gasteiger partial charge < -0.3 is 43.2 Å². The Bertz CT molecular complexity index is 467. The molecule has 0 radical (unpaired) electrons. The summed E-state index contributed by atoms with van der Waals surface area (Å²) in [6, 6.07) is -3.90. The van der Waals surface area contributed by atoms with Gasteiger partial charge in [0.05, 0.1) is 13.2 Å². The lowest BCUT2D eigenvalue weighted by Crippen LogP contribution is -2.56. The topological polar surface area (TPSA) is 226 Å². The Hall–Kier alpha value is -2.44. The highest BCUT2D eigenvalue weighted by Crippen LogP contribution is 2.00. The molecule has 0 heterocycles. The van der Waals surface area contributed by atoms with Crippen molar-refractivity contribution < 1.29 is 29.7 Å². The third-order valence-electron chi connectivity index (χ3n) is 2.91. The number of aliphatic imine (C=N–C) groups is 1. The molecule has 12 nitrogen and oxygen atoms in total. The molecule has 138 valence electrons.